The first-order chi connectivity index (χ1) is 9.97. The number of thiophene rings is 1. The lowest BCUT2D eigenvalue weighted by molar-refractivity contribution is -0.148. The molecule has 1 fully saturated rings. The molecule has 6 heteroatoms. The Labute approximate surface area is 129 Å². The summed E-state index contributed by atoms with van der Waals surface area (Å²) < 4.78 is 0. The van der Waals surface area contributed by atoms with Crippen molar-refractivity contribution in [3.8, 4) is 0 Å². The van der Waals surface area contributed by atoms with Crippen molar-refractivity contribution < 1.29 is 14.7 Å². The van der Waals surface area contributed by atoms with Gasteiger partial charge in [0, 0.05) is 22.8 Å². The molecule has 0 spiro atoms. The summed E-state index contributed by atoms with van der Waals surface area (Å²) in [5, 5.41) is 12.3. The molecule has 1 atom stereocenters. The zero-order valence-corrected chi connectivity index (χ0v) is 13.3. The van der Waals surface area contributed by atoms with Crippen LogP contribution in [0.5, 0.6) is 0 Å². The van der Waals surface area contributed by atoms with Crippen LogP contribution in [0.25, 0.3) is 0 Å². The molecular formula is C15H22N2O3S. The van der Waals surface area contributed by atoms with Gasteiger partial charge in [0.1, 0.15) is 0 Å². The van der Waals surface area contributed by atoms with Crippen LogP contribution in [-0.4, -0.2) is 35.1 Å². The molecule has 0 aliphatic carbocycles. The number of nitrogens with zero attached hydrogens (tertiary/aromatic N) is 1. The fourth-order valence-electron chi connectivity index (χ4n) is 2.86. The fraction of sp³-hybridized carbons (Fsp3) is 0.600. The fourth-order valence-corrected chi connectivity index (χ4v) is 3.69. The van der Waals surface area contributed by atoms with E-state index in [2.05, 4.69) is 5.32 Å². The number of carboxylic acids is 1. The van der Waals surface area contributed by atoms with Gasteiger partial charge in [-0.1, -0.05) is 13.3 Å². The van der Waals surface area contributed by atoms with Crippen molar-refractivity contribution in [2.24, 2.45) is 5.41 Å². The average molecular weight is 310 g/mol. The molecule has 116 valence electrons. The summed E-state index contributed by atoms with van der Waals surface area (Å²) in [6.45, 7) is 5.34. The van der Waals surface area contributed by atoms with Gasteiger partial charge in [0.2, 0.25) is 0 Å². The molecule has 1 unspecified atom stereocenters. The Hall–Kier alpha value is -1.56. The van der Waals surface area contributed by atoms with E-state index in [1.165, 1.54) is 4.88 Å². The van der Waals surface area contributed by atoms with Gasteiger partial charge in [-0.05, 0) is 31.9 Å². The van der Waals surface area contributed by atoms with Gasteiger partial charge in [-0.25, -0.2) is 4.79 Å². The number of carbonyl (C=O) groups is 2. The molecule has 1 aromatic heterocycles. The summed E-state index contributed by atoms with van der Waals surface area (Å²) in [5.41, 5.74) is -0.758. The van der Waals surface area contributed by atoms with Crippen molar-refractivity contribution in [2.45, 2.75) is 39.7 Å². The minimum absolute atomic E-state index is 0.166. The van der Waals surface area contributed by atoms with Gasteiger partial charge in [-0.3, -0.25) is 4.79 Å². The number of carboxylic acid groups (broad SMARTS) is 1. The molecular weight excluding hydrogens is 288 g/mol. The Bertz CT molecular complexity index is 529. The number of hydrogen-bond acceptors (Lipinski definition) is 3. The number of hydrogen-bond donors (Lipinski definition) is 2. The van der Waals surface area contributed by atoms with E-state index in [-0.39, 0.29) is 6.03 Å². The summed E-state index contributed by atoms with van der Waals surface area (Å²) in [6.07, 6.45) is 1.98. The number of likely N-dealkylation sites (tertiary alicyclic amines) is 1. The molecule has 2 rings (SSSR count). The maximum Gasteiger partial charge on any atom is 0.317 e. The lowest BCUT2D eigenvalue weighted by Gasteiger charge is -2.24. The quantitative estimate of drug-likeness (QED) is 0.878. The minimum atomic E-state index is -0.784. The van der Waals surface area contributed by atoms with Gasteiger partial charge >= 0.3 is 12.0 Å². The first kappa shape index (κ1) is 15.8. The van der Waals surface area contributed by atoms with Crippen LogP contribution in [0.1, 0.15) is 35.9 Å². The van der Waals surface area contributed by atoms with Gasteiger partial charge in [0.15, 0.2) is 0 Å². The van der Waals surface area contributed by atoms with Crippen molar-refractivity contribution in [3.05, 3.63) is 21.9 Å². The van der Waals surface area contributed by atoms with Crippen LogP contribution in [0, 0.1) is 12.3 Å². The van der Waals surface area contributed by atoms with Crippen LogP contribution in [0.3, 0.4) is 0 Å². The smallest absolute Gasteiger partial charge is 0.317 e. The van der Waals surface area contributed by atoms with Crippen molar-refractivity contribution in [1.29, 1.82) is 0 Å². The molecule has 1 aliphatic rings. The second kappa shape index (κ2) is 6.47. The number of amides is 2. The van der Waals surface area contributed by atoms with Crippen molar-refractivity contribution in [2.75, 3.05) is 13.1 Å². The third kappa shape index (κ3) is 3.56. The number of rotatable bonds is 5. The molecule has 5 nitrogen and oxygen atoms in total. The summed E-state index contributed by atoms with van der Waals surface area (Å²) in [4.78, 5) is 27.6. The molecule has 0 saturated carbocycles. The van der Waals surface area contributed by atoms with E-state index < -0.39 is 11.4 Å². The molecule has 2 heterocycles. The number of urea groups is 1. The van der Waals surface area contributed by atoms with E-state index in [9.17, 15) is 14.7 Å². The summed E-state index contributed by atoms with van der Waals surface area (Å²) >= 11 is 1.66. The minimum Gasteiger partial charge on any atom is -0.481 e. The molecule has 0 bridgehead atoms. The zero-order valence-electron chi connectivity index (χ0n) is 12.5. The second-order valence-electron chi connectivity index (χ2n) is 5.68. The largest absolute Gasteiger partial charge is 0.481 e. The lowest BCUT2D eigenvalue weighted by Crippen LogP contribution is -2.41. The van der Waals surface area contributed by atoms with E-state index in [1.807, 2.05) is 26.0 Å². The third-order valence-corrected chi connectivity index (χ3v) is 5.03. The predicted molar refractivity (Wildman–Crippen MR) is 82.5 cm³/mol. The van der Waals surface area contributed by atoms with Gasteiger partial charge < -0.3 is 15.3 Å². The molecule has 1 saturated heterocycles. The Balaban J connectivity index is 1.91. The number of aryl methyl sites for hydroxylation is 1. The molecule has 1 aliphatic heterocycles. The Morgan fingerprint density at radius 3 is 2.81 bits per heavy atom. The zero-order chi connectivity index (χ0) is 15.5. The molecule has 0 radical (unpaired) electrons. The van der Waals surface area contributed by atoms with Crippen LogP contribution in [0.15, 0.2) is 12.1 Å². The van der Waals surface area contributed by atoms with Gasteiger partial charge in [0.05, 0.1) is 12.0 Å². The molecule has 21 heavy (non-hydrogen) atoms. The number of aliphatic carboxylic acids is 1. The average Bonchev–Trinajstić information content (AvgIpc) is 3.04. The highest BCUT2D eigenvalue weighted by atomic mass is 32.1. The Morgan fingerprint density at radius 1 is 1.48 bits per heavy atom. The highest BCUT2D eigenvalue weighted by molar-refractivity contribution is 7.11. The van der Waals surface area contributed by atoms with Crippen LogP contribution in [0.4, 0.5) is 4.79 Å². The van der Waals surface area contributed by atoms with Gasteiger partial charge in [0.25, 0.3) is 0 Å². The normalized spacial score (nSPS) is 21.5. The molecule has 1 aromatic rings. The maximum atomic E-state index is 12.2. The van der Waals surface area contributed by atoms with Crippen molar-refractivity contribution >= 4 is 23.3 Å². The van der Waals surface area contributed by atoms with E-state index >= 15 is 0 Å². The first-order valence-electron chi connectivity index (χ1n) is 7.28. The molecule has 0 aromatic carbocycles. The maximum absolute atomic E-state index is 12.2. The third-order valence-electron chi connectivity index (χ3n) is 4.03. The van der Waals surface area contributed by atoms with Crippen LogP contribution >= 0.6 is 11.3 Å². The summed E-state index contributed by atoms with van der Waals surface area (Å²) in [7, 11) is 0. The standard InChI is InChI=1S/C15H22N2O3S/c1-3-6-15(13(18)19)7-8-17(10-15)14(20)16-9-12-5-4-11(2)21-12/h4-5H,3,6-10H2,1-2H3,(H,16,20)(H,18,19). The van der Waals surface area contributed by atoms with Crippen molar-refractivity contribution in [1.82, 2.24) is 10.2 Å². The Kier molecular flexibility index (Phi) is 4.88. The monoisotopic (exact) mass is 310 g/mol. The highest BCUT2D eigenvalue weighted by Crippen LogP contribution is 2.35. The van der Waals surface area contributed by atoms with E-state index in [1.54, 1.807) is 16.2 Å². The SMILES string of the molecule is CCCC1(C(=O)O)CCN(C(=O)NCc2ccc(C)s2)C1. The first-order valence-corrected chi connectivity index (χ1v) is 8.10. The van der Waals surface area contributed by atoms with Crippen LogP contribution < -0.4 is 5.32 Å². The van der Waals surface area contributed by atoms with Crippen molar-refractivity contribution in [3.63, 3.8) is 0 Å². The number of nitrogens with one attached hydrogen (secondary N) is 1. The second-order valence-corrected chi connectivity index (χ2v) is 7.05. The topological polar surface area (TPSA) is 69.6 Å². The predicted octanol–water partition coefficient (Wildman–Crippen LogP) is 2.84. The van der Waals surface area contributed by atoms with E-state index in [0.29, 0.717) is 32.5 Å². The Morgan fingerprint density at radius 2 is 2.24 bits per heavy atom. The lowest BCUT2D eigenvalue weighted by atomic mass is 9.83. The van der Waals surface area contributed by atoms with Crippen LogP contribution in [-0.2, 0) is 11.3 Å². The van der Waals surface area contributed by atoms with E-state index in [0.717, 1.165) is 11.3 Å². The summed E-state index contributed by atoms with van der Waals surface area (Å²) in [6, 6.07) is 3.86. The summed E-state index contributed by atoms with van der Waals surface area (Å²) in [5.74, 6) is -0.784. The van der Waals surface area contributed by atoms with Gasteiger partial charge in [-0.15, -0.1) is 11.3 Å². The molecule has 2 N–H and O–H groups in total. The van der Waals surface area contributed by atoms with E-state index in [4.69, 9.17) is 0 Å². The van der Waals surface area contributed by atoms with Crippen LogP contribution in [0.2, 0.25) is 0 Å². The molecule has 2 amide bonds. The number of carbonyl (C=O) groups excluding carboxylic acids is 1. The van der Waals surface area contributed by atoms with Gasteiger partial charge in [-0.2, -0.15) is 0 Å². The highest BCUT2D eigenvalue weighted by Gasteiger charge is 2.45.